The van der Waals surface area contributed by atoms with Crippen molar-refractivity contribution in [3.63, 3.8) is 0 Å². The maximum absolute atomic E-state index is 12.2. The maximum atomic E-state index is 12.2. The number of carbonyl (C=O) groups excluding carboxylic acids is 3. The first-order valence-corrected chi connectivity index (χ1v) is 7.00. The van der Waals surface area contributed by atoms with E-state index in [0.29, 0.717) is 42.0 Å². The molecule has 0 aliphatic carbocycles. The van der Waals surface area contributed by atoms with Crippen LogP contribution in [0.25, 0.3) is 0 Å². The lowest BCUT2D eigenvalue weighted by Crippen LogP contribution is -2.36. The summed E-state index contributed by atoms with van der Waals surface area (Å²) < 4.78 is 0. The van der Waals surface area contributed by atoms with Gasteiger partial charge in [0.25, 0.3) is 0 Å². The van der Waals surface area contributed by atoms with E-state index in [2.05, 4.69) is 0 Å². The molecule has 0 aromatic heterocycles. The summed E-state index contributed by atoms with van der Waals surface area (Å²) in [5.74, 6) is -0.472. The average molecular weight is 294 g/mol. The summed E-state index contributed by atoms with van der Waals surface area (Å²) in [6.07, 6.45) is 1.35. The molecule has 0 saturated carbocycles. The third-order valence-electron chi connectivity index (χ3n) is 3.47. The van der Waals surface area contributed by atoms with E-state index in [1.54, 1.807) is 18.2 Å². The lowest BCUT2D eigenvalue weighted by Gasteiger charge is -2.21. The van der Waals surface area contributed by atoms with Gasteiger partial charge in [0.1, 0.15) is 0 Å². The Morgan fingerprint density at radius 1 is 1.20 bits per heavy atom. The molecule has 0 N–H and O–H groups in total. The van der Waals surface area contributed by atoms with Gasteiger partial charge < -0.3 is 0 Å². The zero-order chi connectivity index (χ0) is 14.7. The summed E-state index contributed by atoms with van der Waals surface area (Å²) in [7, 11) is 0. The van der Waals surface area contributed by atoms with Crippen molar-refractivity contribution in [2.45, 2.75) is 32.6 Å². The molecule has 1 aliphatic heterocycles. The smallest absolute Gasteiger partial charge is 0.229 e. The first kappa shape index (κ1) is 14.7. The van der Waals surface area contributed by atoms with E-state index in [1.807, 2.05) is 0 Å². The van der Waals surface area contributed by atoms with E-state index in [1.165, 1.54) is 11.8 Å². The fourth-order valence-electron chi connectivity index (χ4n) is 2.43. The van der Waals surface area contributed by atoms with Gasteiger partial charge in [-0.15, -0.1) is 0 Å². The lowest BCUT2D eigenvalue weighted by atomic mass is 9.96. The van der Waals surface area contributed by atoms with Crippen LogP contribution in [-0.4, -0.2) is 29.0 Å². The van der Waals surface area contributed by atoms with Crippen molar-refractivity contribution in [3.05, 3.63) is 34.3 Å². The van der Waals surface area contributed by atoms with Gasteiger partial charge in [-0.2, -0.15) is 0 Å². The van der Waals surface area contributed by atoms with Gasteiger partial charge in [-0.25, -0.2) is 0 Å². The standard InChI is InChI=1S/C15H16ClNO3/c1-10(18)17-9-3-6-14(19)12-4-2-5-13(16)11(12)7-8-15(17)20/h2,4-5H,3,6-9H2,1H3. The first-order chi connectivity index (χ1) is 9.50. The van der Waals surface area contributed by atoms with Gasteiger partial charge in [0.15, 0.2) is 5.78 Å². The lowest BCUT2D eigenvalue weighted by molar-refractivity contribution is -0.143. The van der Waals surface area contributed by atoms with Crippen LogP contribution >= 0.6 is 11.6 Å². The van der Waals surface area contributed by atoms with Crippen LogP contribution in [0.15, 0.2) is 18.2 Å². The van der Waals surface area contributed by atoms with Crippen molar-refractivity contribution in [2.24, 2.45) is 0 Å². The molecule has 0 saturated heterocycles. The van der Waals surface area contributed by atoms with Crippen LogP contribution in [0.5, 0.6) is 0 Å². The largest absolute Gasteiger partial charge is 0.294 e. The predicted molar refractivity (Wildman–Crippen MR) is 75.7 cm³/mol. The number of nitrogens with zero attached hydrogens (tertiary/aromatic N) is 1. The number of hydrogen-bond acceptors (Lipinski definition) is 3. The van der Waals surface area contributed by atoms with Crippen molar-refractivity contribution in [2.75, 3.05) is 6.54 Å². The van der Waals surface area contributed by atoms with Crippen molar-refractivity contribution in [1.82, 2.24) is 4.90 Å². The molecule has 0 spiro atoms. The second-order valence-electron chi connectivity index (χ2n) is 4.86. The number of hydrogen-bond donors (Lipinski definition) is 0. The average Bonchev–Trinajstić information content (AvgIpc) is 2.40. The van der Waals surface area contributed by atoms with E-state index in [0.717, 1.165) is 0 Å². The molecule has 2 amide bonds. The van der Waals surface area contributed by atoms with Crippen molar-refractivity contribution in [1.29, 1.82) is 0 Å². The van der Waals surface area contributed by atoms with Crippen LogP contribution in [-0.2, 0) is 16.0 Å². The van der Waals surface area contributed by atoms with E-state index >= 15 is 0 Å². The van der Waals surface area contributed by atoms with Crippen LogP contribution < -0.4 is 0 Å². The minimum atomic E-state index is -0.276. The minimum absolute atomic E-state index is 0.0142. The number of rotatable bonds is 0. The number of imide groups is 1. The quantitative estimate of drug-likeness (QED) is 0.739. The summed E-state index contributed by atoms with van der Waals surface area (Å²) in [4.78, 5) is 36.9. The Bertz CT molecular complexity index is 568. The van der Waals surface area contributed by atoms with E-state index in [9.17, 15) is 14.4 Å². The Morgan fingerprint density at radius 3 is 2.65 bits per heavy atom. The highest BCUT2D eigenvalue weighted by Crippen LogP contribution is 2.24. The normalized spacial score (nSPS) is 16.8. The van der Waals surface area contributed by atoms with Crippen molar-refractivity contribution >= 4 is 29.2 Å². The zero-order valence-corrected chi connectivity index (χ0v) is 12.1. The van der Waals surface area contributed by atoms with Gasteiger partial charge in [-0.3, -0.25) is 19.3 Å². The van der Waals surface area contributed by atoms with Crippen LogP contribution in [0, 0.1) is 0 Å². The highest BCUT2D eigenvalue weighted by atomic mass is 35.5. The molecule has 2 rings (SSSR count). The SMILES string of the molecule is CC(=O)N1CCCC(=O)c2cccc(Cl)c2CCC1=O. The molecular weight excluding hydrogens is 278 g/mol. The van der Waals surface area contributed by atoms with Gasteiger partial charge in [0.2, 0.25) is 11.8 Å². The molecule has 4 nitrogen and oxygen atoms in total. The summed E-state index contributed by atoms with van der Waals surface area (Å²) in [6.45, 7) is 1.67. The summed E-state index contributed by atoms with van der Waals surface area (Å²) in [5.41, 5.74) is 1.31. The van der Waals surface area contributed by atoms with Crippen molar-refractivity contribution in [3.8, 4) is 0 Å². The van der Waals surface area contributed by atoms with Crippen molar-refractivity contribution < 1.29 is 14.4 Å². The van der Waals surface area contributed by atoms with Crippen LogP contribution in [0.3, 0.4) is 0 Å². The fraction of sp³-hybridized carbons (Fsp3) is 0.400. The third-order valence-corrected chi connectivity index (χ3v) is 3.83. The molecule has 0 atom stereocenters. The minimum Gasteiger partial charge on any atom is -0.294 e. The molecule has 0 bridgehead atoms. The molecule has 106 valence electrons. The molecule has 1 aliphatic rings. The van der Waals surface area contributed by atoms with Gasteiger partial charge in [-0.05, 0) is 24.5 Å². The Morgan fingerprint density at radius 2 is 1.95 bits per heavy atom. The zero-order valence-electron chi connectivity index (χ0n) is 11.3. The second-order valence-corrected chi connectivity index (χ2v) is 5.26. The topological polar surface area (TPSA) is 54.5 Å². The highest BCUT2D eigenvalue weighted by Gasteiger charge is 2.22. The molecule has 0 radical (unpaired) electrons. The number of amides is 2. The molecule has 1 aromatic rings. The summed E-state index contributed by atoms with van der Waals surface area (Å²) in [6, 6.07) is 5.21. The monoisotopic (exact) mass is 293 g/mol. The number of fused-ring (bicyclic) bond motifs is 1. The van der Waals surface area contributed by atoms with Gasteiger partial charge >= 0.3 is 0 Å². The van der Waals surface area contributed by atoms with Gasteiger partial charge in [0.05, 0.1) is 0 Å². The van der Waals surface area contributed by atoms with Crippen LogP contribution in [0.1, 0.15) is 42.1 Å². The number of ketones is 1. The summed E-state index contributed by atoms with van der Waals surface area (Å²) >= 11 is 6.13. The van der Waals surface area contributed by atoms with E-state index < -0.39 is 0 Å². The third kappa shape index (κ3) is 3.07. The molecule has 0 fully saturated rings. The fourth-order valence-corrected chi connectivity index (χ4v) is 2.70. The molecule has 1 aromatic carbocycles. The maximum Gasteiger partial charge on any atom is 0.229 e. The Kier molecular flexibility index (Phi) is 4.55. The number of benzene rings is 1. The van der Waals surface area contributed by atoms with E-state index in [4.69, 9.17) is 11.6 Å². The van der Waals surface area contributed by atoms with Crippen LogP contribution in [0.2, 0.25) is 5.02 Å². The Labute approximate surface area is 122 Å². The number of halogens is 1. The first-order valence-electron chi connectivity index (χ1n) is 6.62. The summed E-state index contributed by atoms with van der Waals surface area (Å²) in [5, 5.41) is 0.499. The molecule has 5 heteroatoms. The van der Waals surface area contributed by atoms with Gasteiger partial charge in [0, 0.05) is 36.9 Å². The molecule has 1 heterocycles. The Hall–Kier alpha value is -1.68. The number of Topliss-reactive ketones (excluding diaryl/α,β-unsaturated/α-hetero) is 1. The molecule has 0 unspecified atom stereocenters. The molecular formula is C15H16ClNO3. The van der Waals surface area contributed by atoms with E-state index in [-0.39, 0.29) is 24.0 Å². The molecule has 20 heavy (non-hydrogen) atoms. The highest BCUT2D eigenvalue weighted by molar-refractivity contribution is 6.32. The van der Waals surface area contributed by atoms with Gasteiger partial charge in [-0.1, -0.05) is 23.7 Å². The number of carbonyl (C=O) groups is 3. The predicted octanol–water partition coefficient (Wildman–Crippen LogP) is 2.62. The second kappa shape index (κ2) is 6.18. The van der Waals surface area contributed by atoms with Crippen LogP contribution in [0.4, 0.5) is 0 Å². The Balaban J connectivity index is 2.33.